The highest BCUT2D eigenvalue weighted by molar-refractivity contribution is 7.93. The highest BCUT2D eigenvalue weighted by Crippen LogP contribution is 2.25. The largest absolute Gasteiger partial charge is 0.346 e. The van der Waals surface area contributed by atoms with Gasteiger partial charge >= 0.3 is 0 Å². The molecule has 2 rings (SSSR count). The molecule has 1 aliphatic heterocycles. The second-order valence-corrected chi connectivity index (χ2v) is 9.12. The van der Waals surface area contributed by atoms with Crippen molar-refractivity contribution in [2.45, 2.75) is 39.2 Å². The van der Waals surface area contributed by atoms with Crippen molar-refractivity contribution in [2.24, 2.45) is 11.7 Å². The first-order valence-electron chi connectivity index (χ1n) is 8.30. The van der Waals surface area contributed by atoms with Crippen molar-refractivity contribution in [2.75, 3.05) is 23.1 Å². The third kappa shape index (κ3) is 4.27. The molecule has 6 nitrogen and oxygen atoms in total. The van der Waals surface area contributed by atoms with Gasteiger partial charge < -0.3 is 11.1 Å². The van der Waals surface area contributed by atoms with Crippen molar-refractivity contribution in [1.29, 1.82) is 0 Å². The van der Waals surface area contributed by atoms with E-state index in [-0.39, 0.29) is 11.7 Å². The molecule has 0 aliphatic carbocycles. The summed E-state index contributed by atoms with van der Waals surface area (Å²) in [7, 11) is -3.26. The fraction of sp³-hybridized carbons (Fsp3) is 0.588. The number of hydrogen-bond donors (Lipinski definition) is 2. The number of carbonyl (C=O) groups is 1. The van der Waals surface area contributed by atoms with Gasteiger partial charge in [0.15, 0.2) is 0 Å². The predicted octanol–water partition coefficient (Wildman–Crippen LogP) is 1.72. The number of benzene rings is 1. The Morgan fingerprint density at radius 1 is 1.42 bits per heavy atom. The van der Waals surface area contributed by atoms with Crippen LogP contribution in [0, 0.1) is 5.92 Å². The van der Waals surface area contributed by atoms with Crippen molar-refractivity contribution < 1.29 is 13.2 Å². The van der Waals surface area contributed by atoms with Gasteiger partial charge in [0.05, 0.1) is 11.4 Å². The third-order valence-electron chi connectivity index (χ3n) is 4.22. The summed E-state index contributed by atoms with van der Waals surface area (Å²) in [5.41, 5.74) is 6.34. The number of carbonyl (C=O) groups excluding carboxylic acids is 1. The normalized spacial score (nSPS) is 19.3. The molecule has 24 heavy (non-hydrogen) atoms. The quantitative estimate of drug-likeness (QED) is 0.814. The minimum Gasteiger partial charge on any atom is -0.346 e. The molecule has 1 saturated heterocycles. The van der Waals surface area contributed by atoms with E-state index in [1.54, 1.807) is 24.3 Å². The second kappa shape index (κ2) is 7.11. The van der Waals surface area contributed by atoms with Crippen LogP contribution >= 0.6 is 0 Å². The van der Waals surface area contributed by atoms with Crippen LogP contribution in [0.3, 0.4) is 0 Å². The molecule has 0 bridgehead atoms. The number of anilines is 1. The number of rotatable bonds is 6. The molecular formula is C17H27N3O3S. The van der Waals surface area contributed by atoms with E-state index < -0.39 is 15.6 Å². The van der Waals surface area contributed by atoms with E-state index in [0.717, 1.165) is 6.42 Å². The summed E-state index contributed by atoms with van der Waals surface area (Å²) >= 11 is 0. The van der Waals surface area contributed by atoms with E-state index in [4.69, 9.17) is 5.73 Å². The molecule has 1 heterocycles. The Hall–Kier alpha value is -1.60. The molecule has 1 aromatic rings. The summed E-state index contributed by atoms with van der Waals surface area (Å²) in [6.45, 7) is 6.90. The molecule has 0 saturated carbocycles. The van der Waals surface area contributed by atoms with Gasteiger partial charge in [-0.3, -0.25) is 9.10 Å². The van der Waals surface area contributed by atoms with E-state index in [0.29, 0.717) is 36.7 Å². The van der Waals surface area contributed by atoms with Gasteiger partial charge in [0.25, 0.3) is 5.91 Å². The Balaban J connectivity index is 2.20. The Morgan fingerprint density at radius 3 is 2.67 bits per heavy atom. The van der Waals surface area contributed by atoms with Crippen molar-refractivity contribution >= 4 is 21.6 Å². The van der Waals surface area contributed by atoms with E-state index >= 15 is 0 Å². The maximum absolute atomic E-state index is 12.6. The minimum absolute atomic E-state index is 0.156. The summed E-state index contributed by atoms with van der Waals surface area (Å²) in [5, 5.41) is 3.00. The first-order chi connectivity index (χ1) is 11.2. The first-order valence-corrected chi connectivity index (χ1v) is 9.91. The average molecular weight is 353 g/mol. The lowest BCUT2D eigenvalue weighted by Gasteiger charge is -2.31. The summed E-state index contributed by atoms with van der Waals surface area (Å²) in [4.78, 5) is 12.6. The van der Waals surface area contributed by atoms with Crippen LogP contribution in [0.1, 0.15) is 44.0 Å². The summed E-state index contributed by atoms with van der Waals surface area (Å²) in [5.74, 6) is 0.324. The second-order valence-electron chi connectivity index (χ2n) is 7.11. The number of nitrogens with two attached hydrogens (primary N) is 1. The van der Waals surface area contributed by atoms with Crippen LogP contribution < -0.4 is 15.4 Å². The van der Waals surface area contributed by atoms with Gasteiger partial charge in [-0.2, -0.15) is 0 Å². The maximum Gasteiger partial charge on any atom is 0.251 e. The molecule has 1 aliphatic rings. The van der Waals surface area contributed by atoms with E-state index in [2.05, 4.69) is 19.2 Å². The number of amides is 1. The monoisotopic (exact) mass is 353 g/mol. The van der Waals surface area contributed by atoms with E-state index in [1.165, 1.54) is 4.31 Å². The Morgan fingerprint density at radius 2 is 2.12 bits per heavy atom. The number of sulfonamides is 1. The van der Waals surface area contributed by atoms with E-state index in [1.807, 2.05) is 6.92 Å². The zero-order valence-corrected chi connectivity index (χ0v) is 15.4. The van der Waals surface area contributed by atoms with Crippen LogP contribution in [0.4, 0.5) is 5.69 Å². The summed E-state index contributed by atoms with van der Waals surface area (Å²) in [6.07, 6.45) is 1.38. The molecule has 1 atom stereocenters. The van der Waals surface area contributed by atoms with Crippen LogP contribution in [0.5, 0.6) is 0 Å². The lowest BCUT2D eigenvalue weighted by atomic mass is 9.90. The zero-order chi connectivity index (χ0) is 18.0. The predicted molar refractivity (Wildman–Crippen MR) is 96.6 cm³/mol. The van der Waals surface area contributed by atoms with Gasteiger partial charge in [0, 0.05) is 24.2 Å². The molecular weight excluding hydrogens is 326 g/mol. The number of nitrogens with zero attached hydrogens (tertiary/aromatic N) is 1. The minimum atomic E-state index is -3.26. The molecule has 7 heteroatoms. The van der Waals surface area contributed by atoms with Gasteiger partial charge in [-0.1, -0.05) is 19.9 Å². The van der Waals surface area contributed by atoms with Gasteiger partial charge in [-0.05, 0) is 43.9 Å². The van der Waals surface area contributed by atoms with Crippen molar-refractivity contribution in [3.8, 4) is 0 Å². The van der Waals surface area contributed by atoms with Gasteiger partial charge in [0.2, 0.25) is 10.0 Å². The van der Waals surface area contributed by atoms with E-state index in [9.17, 15) is 13.2 Å². The van der Waals surface area contributed by atoms with Crippen LogP contribution in [0.15, 0.2) is 24.3 Å². The molecule has 0 aromatic heterocycles. The van der Waals surface area contributed by atoms with Crippen molar-refractivity contribution in [1.82, 2.24) is 5.32 Å². The third-order valence-corrected chi connectivity index (χ3v) is 6.09. The zero-order valence-electron chi connectivity index (χ0n) is 14.6. The topological polar surface area (TPSA) is 92.5 Å². The average Bonchev–Trinajstić information content (AvgIpc) is 2.86. The lowest BCUT2D eigenvalue weighted by Crippen LogP contribution is -2.52. The highest BCUT2D eigenvalue weighted by atomic mass is 32.2. The number of hydrogen-bond acceptors (Lipinski definition) is 4. The molecule has 1 amide bonds. The fourth-order valence-electron chi connectivity index (χ4n) is 3.16. The fourth-order valence-corrected chi connectivity index (χ4v) is 4.72. The smallest absolute Gasteiger partial charge is 0.251 e. The Kier molecular flexibility index (Phi) is 5.55. The lowest BCUT2D eigenvalue weighted by molar-refractivity contribution is 0.0898. The highest BCUT2D eigenvalue weighted by Gasteiger charge is 2.30. The van der Waals surface area contributed by atoms with Gasteiger partial charge in [0.1, 0.15) is 0 Å². The molecule has 0 spiro atoms. The van der Waals surface area contributed by atoms with Crippen LogP contribution in [-0.2, 0) is 10.0 Å². The number of nitrogens with one attached hydrogen (secondary N) is 1. The SMILES string of the molecule is CC(C)CC(C)(CN)NC(=O)c1cccc(N2CCCS2(=O)=O)c1. The molecule has 1 aromatic carbocycles. The Bertz CT molecular complexity index is 703. The molecule has 1 fully saturated rings. The van der Waals surface area contributed by atoms with Gasteiger partial charge in [-0.25, -0.2) is 8.42 Å². The summed E-state index contributed by atoms with van der Waals surface area (Å²) < 4.78 is 25.5. The first kappa shape index (κ1) is 18.7. The van der Waals surface area contributed by atoms with Crippen LogP contribution in [-0.4, -0.2) is 38.7 Å². The summed E-state index contributed by atoms with van der Waals surface area (Å²) in [6, 6.07) is 6.74. The molecule has 134 valence electrons. The molecule has 0 radical (unpaired) electrons. The van der Waals surface area contributed by atoms with Crippen LogP contribution in [0.2, 0.25) is 0 Å². The van der Waals surface area contributed by atoms with Gasteiger partial charge in [-0.15, -0.1) is 0 Å². The maximum atomic E-state index is 12.6. The van der Waals surface area contributed by atoms with Crippen LogP contribution in [0.25, 0.3) is 0 Å². The Labute approximate surface area is 144 Å². The molecule has 3 N–H and O–H groups in total. The standard InChI is InChI=1S/C17H27N3O3S/c1-13(2)11-17(3,12-18)19-16(21)14-6-4-7-15(10-14)20-8-5-9-24(20,22)23/h4,6-7,10,13H,5,8-9,11-12,18H2,1-3H3,(H,19,21). The molecule has 1 unspecified atom stereocenters. The van der Waals surface area contributed by atoms with Crippen molar-refractivity contribution in [3.05, 3.63) is 29.8 Å². The van der Waals surface area contributed by atoms with Crippen molar-refractivity contribution in [3.63, 3.8) is 0 Å².